The number of piperidine rings is 1. The maximum absolute atomic E-state index is 5.61. The fraction of sp³-hybridized carbons (Fsp3) is 1.00. The molecule has 1 heterocycles. The van der Waals surface area contributed by atoms with Gasteiger partial charge in [-0.15, -0.1) is 0 Å². The van der Waals surface area contributed by atoms with E-state index in [0.717, 1.165) is 32.3 Å². The minimum absolute atomic E-state index is 0.815. The summed E-state index contributed by atoms with van der Waals surface area (Å²) in [6.07, 6.45) is 6.91. The number of ether oxygens (including phenoxy) is 1. The molecule has 1 aliphatic heterocycles. The Bertz CT molecular complexity index is 165. The lowest BCUT2D eigenvalue weighted by molar-refractivity contribution is 0.0978. The first-order valence-corrected chi connectivity index (χ1v) is 6.48. The summed E-state index contributed by atoms with van der Waals surface area (Å²) < 4.78 is 5.61. The van der Waals surface area contributed by atoms with Crippen molar-refractivity contribution in [3.63, 3.8) is 0 Å². The molecule has 0 aromatic rings. The molecule has 3 heteroatoms. The van der Waals surface area contributed by atoms with Crippen LogP contribution in [0.3, 0.4) is 0 Å². The third-order valence-electron chi connectivity index (χ3n) is 3.26. The maximum Gasteiger partial charge on any atom is 0.0594 e. The van der Waals surface area contributed by atoms with Gasteiger partial charge in [0.05, 0.1) is 13.2 Å². The minimum Gasteiger partial charge on any atom is -0.379 e. The van der Waals surface area contributed by atoms with Gasteiger partial charge in [-0.1, -0.05) is 6.42 Å². The van der Waals surface area contributed by atoms with Crippen LogP contribution in [0.5, 0.6) is 0 Å². The monoisotopic (exact) mass is 212 g/mol. The van der Waals surface area contributed by atoms with Gasteiger partial charge < -0.3 is 15.0 Å². The summed E-state index contributed by atoms with van der Waals surface area (Å²) in [5.74, 6) is 0. The molecule has 1 N–H and O–H groups in total. The quantitative estimate of drug-likeness (QED) is 0.643. The Labute approximate surface area is 93.2 Å². The highest BCUT2D eigenvalue weighted by molar-refractivity contribution is 4.80. The number of hydrogen-bond donors (Lipinski definition) is 1. The minimum atomic E-state index is 0.815. The summed E-state index contributed by atoms with van der Waals surface area (Å²) in [4.78, 5) is 2.53. The Hall–Kier alpha value is -0.120. The van der Waals surface area contributed by atoms with Crippen LogP contribution in [0.1, 0.15) is 32.1 Å². The zero-order valence-corrected chi connectivity index (χ0v) is 9.71. The van der Waals surface area contributed by atoms with Crippen LogP contribution in [0.25, 0.3) is 0 Å². The Kier molecular flexibility index (Phi) is 4.90. The average molecular weight is 212 g/mol. The van der Waals surface area contributed by atoms with E-state index in [1.54, 1.807) is 0 Å². The van der Waals surface area contributed by atoms with Crippen LogP contribution in [-0.2, 0) is 4.74 Å². The van der Waals surface area contributed by atoms with Crippen molar-refractivity contribution in [2.45, 2.75) is 38.1 Å². The molecule has 88 valence electrons. The molecule has 15 heavy (non-hydrogen) atoms. The van der Waals surface area contributed by atoms with Gasteiger partial charge in [0.2, 0.25) is 0 Å². The van der Waals surface area contributed by atoms with E-state index in [1.807, 2.05) is 0 Å². The van der Waals surface area contributed by atoms with Gasteiger partial charge in [-0.25, -0.2) is 0 Å². The van der Waals surface area contributed by atoms with E-state index in [2.05, 4.69) is 10.2 Å². The second-order valence-corrected chi connectivity index (χ2v) is 4.74. The Morgan fingerprint density at radius 2 is 1.87 bits per heavy atom. The van der Waals surface area contributed by atoms with Gasteiger partial charge in [-0.3, -0.25) is 0 Å². The summed E-state index contributed by atoms with van der Waals surface area (Å²) in [5, 5.41) is 3.46. The molecule has 2 fully saturated rings. The van der Waals surface area contributed by atoms with Gasteiger partial charge in [-0.05, 0) is 38.8 Å². The van der Waals surface area contributed by atoms with E-state index in [4.69, 9.17) is 4.74 Å². The van der Waals surface area contributed by atoms with Crippen molar-refractivity contribution >= 4 is 0 Å². The first-order valence-electron chi connectivity index (χ1n) is 6.48. The van der Waals surface area contributed by atoms with Gasteiger partial charge in [0.1, 0.15) is 0 Å². The molecule has 0 atom stereocenters. The molecule has 0 unspecified atom stereocenters. The van der Waals surface area contributed by atoms with E-state index in [0.29, 0.717) is 0 Å². The standard InChI is InChI=1S/C12H24N2O/c1-2-7-14(8-3-1)9-11-15-10-6-13-12-4-5-12/h12-13H,1-11H2. The van der Waals surface area contributed by atoms with Crippen LogP contribution in [0.2, 0.25) is 0 Å². The lowest BCUT2D eigenvalue weighted by atomic mass is 10.1. The first-order chi connectivity index (χ1) is 7.45. The predicted octanol–water partition coefficient (Wildman–Crippen LogP) is 1.24. The van der Waals surface area contributed by atoms with Gasteiger partial charge in [0, 0.05) is 19.1 Å². The second-order valence-electron chi connectivity index (χ2n) is 4.74. The number of nitrogens with one attached hydrogen (secondary N) is 1. The molecule has 0 aromatic carbocycles. The zero-order valence-electron chi connectivity index (χ0n) is 9.71. The van der Waals surface area contributed by atoms with Crippen LogP contribution < -0.4 is 5.32 Å². The Balaban J connectivity index is 1.37. The summed E-state index contributed by atoms with van der Waals surface area (Å²) in [6, 6.07) is 0.815. The Morgan fingerprint density at radius 3 is 2.60 bits per heavy atom. The van der Waals surface area contributed by atoms with Crippen molar-refractivity contribution in [1.29, 1.82) is 0 Å². The largest absolute Gasteiger partial charge is 0.379 e. The van der Waals surface area contributed by atoms with Crippen LogP contribution in [0.15, 0.2) is 0 Å². The number of likely N-dealkylation sites (tertiary alicyclic amines) is 1. The van der Waals surface area contributed by atoms with Crippen molar-refractivity contribution in [2.24, 2.45) is 0 Å². The smallest absolute Gasteiger partial charge is 0.0594 e. The third kappa shape index (κ3) is 4.96. The van der Waals surface area contributed by atoms with Crippen molar-refractivity contribution < 1.29 is 4.74 Å². The van der Waals surface area contributed by atoms with E-state index < -0.39 is 0 Å². The second kappa shape index (κ2) is 6.46. The van der Waals surface area contributed by atoms with Gasteiger partial charge in [0.15, 0.2) is 0 Å². The Morgan fingerprint density at radius 1 is 1.07 bits per heavy atom. The van der Waals surface area contributed by atoms with E-state index in [9.17, 15) is 0 Å². The lowest BCUT2D eigenvalue weighted by Gasteiger charge is -2.26. The molecule has 0 aromatic heterocycles. The number of hydrogen-bond acceptors (Lipinski definition) is 3. The van der Waals surface area contributed by atoms with Gasteiger partial charge in [-0.2, -0.15) is 0 Å². The lowest BCUT2D eigenvalue weighted by Crippen LogP contribution is -2.33. The van der Waals surface area contributed by atoms with E-state index >= 15 is 0 Å². The van der Waals surface area contributed by atoms with Crippen molar-refractivity contribution in [1.82, 2.24) is 10.2 Å². The maximum atomic E-state index is 5.61. The van der Waals surface area contributed by atoms with Crippen LogP contribution >= 0.6 is 0 Å². The molecule has 1 saturated carbocycles. The van der Waals surface area contributed by atoms with Crippen LogP contribution in [-0.4, -0.2) is 50.3 Å². The number of rotatable bonds is 7. The van der Waals surface area contributed by atoms with Crippen LogP contribution in [0, 0.1) is 0 Å². The van der Waals surface area contributed by atoms with Gasteiger partial charge in [0.25, 0.3) is 0 Å². The summed E-state index contributed by atoms with van der Waals surface area (Å²) in [5.41, 5.74) is 0. The highest BCUT2D eigenvalue weighted by atomic mass is 16.5. The third-order valence-corrected chi connectivity index (χ3v) is 3.26. The molecule has 0 spiro atoms. The average Bonchev–Trinajstić information content (AvgIpc) is 3.09. The molecule has 0 bridgehead atoms. The first kappa shape index (κ1) is 11.4. The molecule has 1 saturated heterocycles. The van der Waals surface area contributed by atoms with Crippen LogP contribution in [0.4, 0.5) is 0 Å². The molecule has 0 radical (unpaired) electrons. The molecule has 1 aliphatic carbocycles. The van der Waals surface area contributed by atoms with E-state index in [-0.39, 0.29) is 0 Å². The molecule has 2 rings (SSSR count). The molecule has 2 aliphatic rings. The topological polar surface area (TPSA) is 24.5 Å². The normalized spacial score (nSPS) is 23.2. The summed E-state index contributed by atoms with van der Waals surface area (Å²) in [7, 11) is 0. The van der Waals surface area contributed by atoms with Crippen molar-refractivity contribution in [3.05, 3.63) is 0 Å². The molecular formula is C12H24N2O. The van der Waals surface area contributed by atoms with E-state index in [1.165, 1.54) is 45.2 Å². The molecule has 0 amide bonds. The zero-order chi connectivity index (χ0) is 10.3. The molecular weight excluding hydrogens is 188 g/mol. The SMILES string of the molecule is C1CCN(CCOCCNC2CC2)CC1. The fourth-order valence-electron chi connectivity index (χ4n) is 2.10. The summed E-state index contributed by atoms with van der Waals surface area (Å²) in [6.45, 7) is 6.51. The van der Waals surface area contributed by atoms with Gasteiger partial charge >= 0.3 is 0 Å². The molecule has 3 nitrogen and oxygen atoms in total. The van der Waals surface area contributed by atoms with Crippen molar-refractivity contribution in [3.8, 4) is 0 Å². The summed E-state index contributed by atoms with van der Waals surface area (Å²) >= 11 is 0. The highest BCUT2D eigenvalue weighted by Crippen LogP contribution is 2.17. The highest BCUT2D eigenvalue weighted by Gasteiger charge is 2.19. The predicted molar refractivity (Wildman–Crippen MR) is 62.1 cm³/mol. The fourth-order valence-corrected chi connectivity index (χ4v) is 2.10. The number of nitrogens with zero attached hydrogens (tertiary/aromatic N) is 1. The van der Waals surface area contributed by atoms with Crippen molar-refractivity contribution in [2.75, 3.05) is 39.4 Å².